The van der Waals surface area contributed by atoms with Crippen LogP contribution in [0.15, 0.2) is 18.2 Å². The average Bonchev–Trinajstić information content (AvgIpc) is 3.49. The van der Waals surface area contributed by atoms with E-state index < -0.39 is 5.92 Å². The zero-order chi connectivity index (χ0) is 21.7. The Kier molecular flexibility index (Phi) is 7.18. The number of amides is 2. The molecule has 3 rings (SSSR count). The summed E-state index contributed by atoms with van der Waals surface area (Å²) in [5, 5.41) is 0. The minimum atomic E-state index is -0.450. The molecule has 0 N–H and O–H groups in total. The number of ether oxygens (including phenoxy) is 3. The molecule has 1 unspecified atom stereocenters. The van der Waals surface area contributed by atoms with Gasteiger partial charge in [0.1, 0.15) is 11.5 Å². The van der Waals surface area contributed by atoms with Gasteiger partial charge in [-0.2, -0.15) is 0 Å². The first-order valence-corrected chi connectivity index (χ1v) is 10.4. The van der Waals surface area contributed by atoms with Crippen molar-refractivity contribution in [3.05, 3.63) is 18.2 Å². The van der Waals surface area contributed by atoms with Gasteiger partial charge in [0.25, 0.3) is 0 Å². The molecular formula is C22H30N2O6. The normalized spacial score (nSPS) is 18.3. The first-order chi connectivity index (χ1) is 14.5. The second-order valence-electron chi connectivity index (χ2n) is 7.73. The maximum Gasteiger partial charge on any atom is 0.307 e. The van der Waals surface area contributed by atoms with Crippen LogP contribution in [0.25, 0.3) is 0 Å². The van der Waals surface area contributed by atoms with Crippen LogP contribution in [0.2, 0.25) is 0 Å². The SMILES string of the molecule is CCOC(=O)CCN(CC1CC1)C(=O)C1CC(=O)N(c2cc(OC)ccc2OC)C1. The van der Waals surface area contributed by atoms with Crippen molar-refractivity contribution in [2.24, 2.45) is 11.8 Å². The van der Waals surface area contributed by atoms with E-state index in [1.165, 1.54) is 0 Å². The van der Waals surface area contributed by atoms with Gasteiger partial charge in [-0.05, 0) is 37.8 Å². The molecule has 1 heterocycles. The van der Waals surface area contributed by atoms with E-state index >= 15 is 0 Å². The lowest BCUT2D eigenvalue weighted by atomic mass is 10.1. The Bertz CT molecular complexity index is 792. The summed E-state index contributed by atoms with van der Waals surface area (Å²) in [5.41, 5.74) is 0.595. The van der Waals surface area contributed by atoms with Crippen LogP contribution >= 0.6 is 0 Å². The molecule has 1 aliphatic carbocycles. The average molecular weight is 418 g/mol. The quantitative estimate of drug-likeness (QED) is 0.542. The number of nitrogens with zero attached hydrogens (tertiary/aromatic N) is 2. The smallest absolute Gasteiger partial charge is 0.307 e. The van der Waals surface area contributed by atoms with Gasteiger partial charge in [0.2, 0.25) is 11.8 Å². The predicted octanol–water partition coefficient (Wildman–Crippen LogP) is 2.25. The van der Waals surface area contributed by atoms with E-state index in [2.05, 4.69) is 0 Å². The third-order valence-electron chi connectivity index (χ3n) is 5.53. The third kappa shape index (κ3) is 5.23. The second-order valence-corrected chi connectivity index (χ2v) is 7.73. The van der Waals surface area contributed by atoms with Crippen LogP contribution in [0.5, 0.6) is 11.5 Å². The van der Waals surface area contributed by atoms with Gasteiger partial charge in [-0.3, -0.25) is 14.4 Å². The van der Waals surface area contributed by atoms with E-state index in [4.69, 9.17) is 14.2 Å². The molecule has 8 heteroatoms. The molecule has 1 saturated heterocycles. The number of hydrogen-bond donors (Lipinski definition) is 0. The Hall–Kier alpha value is -2.77. The van der Waals surface area contributed by atoms with Gasteiger partial charge in [0.05, 0.1) is 38.9 Å². The van der Waals surface area contributed by atoms with Crippen molar-refractivity contribution < 1.29 is 28.6 Å². The van der Waals surface area contributed by atoms with E-state index in [1.807, 2.05) is 0 Å². The number of carbonyl (C=O) groups excluding carboxylic acids is 3. The molecule has 1 aromatic carbocycles. The van der Waals surface area contributed by atoms with Crippen molar-refractivity contribution in [3.63, 3.8) is 0 Å². The molecule has 1 atom stereocenters. The van der Waals surface area contributed by atoms with Crippen LogP contribution < -0.4 is 14.4 Å². The summed E-state index contributed by atoms with van der Waals surface area (Å²) in [6, 6.07) is 5.25. The number of benzene rings is 1. The lowest BCUT2D eigenvalue weighted by Crippen LogP contribution is -2.40. The number of esters is 1. The summed E-state index contributed by atoms with van der Waals surface area (Å²) in [7, 11) is 3.10. The van der Waals surface area contributed by atoms with Gasteiger partial charge in [-0.25, -0.2) is 0 Å². The molecule has 0 bridgehead atoms. The topological polar surface area (TPSA) is 85.4 Å². The minimum absolute atomic E-state index is 0.0797. The van der Waals surface area contributed by atoms with Gasteiger partial charge in [0.15, 0.2) is 0 Å². The fourth-order valence-electron chi connectivity index (χ4n) is 3.73. The number of rotatable bonds is 10. The maximum absolute atomic E-state index is 13.2. The molecule has 164 valence electrons. The highest BCUT2D eigenvalue weighted by atomic mass is 16.5. The molecule has 0 radical (unpaired) electrons. The predicted molar refractivity (Wildman–Crippen MR) is 111 cm³/mol. The fourth-order valence-corrected chi connectivity index (χ4v) is 3.73. The van der Waals surface area contributed by atoms with Crippen LogP contribution in [0.3, 0.4) is 0 Å². The lowest BCUT2D eigenvalue weighted by molar-refractivity contribution is -0.144. The first kappa shape index (κ1) is 21.9. The first-order valence-electron chi connectivity index (χ1n) is 10.4. The van der Waals surface area contributed by atoms with E-state index in [0.717, 1.165) is 12.8 Å². The van der Waals surface area contributed by atoms with Crippen molar-refractivity contribution in [1.82, 2.24) is 4.90 Å². The monoisotopic (exact) mass is 418 g/mol. The molecule has 2 fully saturated rings. The Balaban J connectivity index is 1.71. The maximum atomic E-state index is 13.2. The minimum Gasteiger partial charge on any atom is -0.497 e. The lowest BCUT2D eigenvalue weighted by Gasteiger charge is -2.26. The van der Waals surface area contributed by atoms with Gasteiger partial charge in [0, 0.05) is 32.1 Å². The summed E-state index contributed by atoms with van der Waals surface area (Å²) in [6.07, 6.45) is 2.50. The van der Waals surface area contributed by atoms with Crippen molar-refractivity contribution in [3.8, 4) is 11.5 Å². The Morgan fingerprint density at radius 2 is 1.97 bits per heavy atom. The van der Waals surface area contributed by atoms with E-state index in [1.54, 1.807) is 49.1 Å². The molecule has 1 aromatic rings. The van der Waals surface area contributed by atoms with E-state index in [0.29, 0.717) is 42.8 Å². The van der Waals surface area contributed by atoms with Crippen molar-refractivity contribution in [2.75, 3.05) is 45.4 Å². The Morgan fingerprint density at radius 1 is 1.20 bits per heavy atom. The van der Waals surface area contributed by atoms with Crippen molar-refractivity contribution in [1.29, 1.82) is 0 Å². The molecule has 0 spiro atoms. The van der Waals surface area contributed by atoms with Gasteiger partial charge >= 0.3 is 5.97 Å². The summed E-state index contributed by atoms with van der Waals surface area (Å²) < 4.78 is 15.7. The highest BCUT2D eigenvalue weighted by Gasteiger charge is 2.39. The van der Waals surface area contributed by atoms with Crippen LogP contribution in [0, 0.1) is 11.8 Å². The number of carbonyl (C=O) groups is 3. The molecule has 1 saturated carbocycles. The molecule has 8 nitrogen and oxygen atoms in total. The summed E-state index contributed by atoms with van der Waals surface area (Å²) in [5.74, 6) is 0.682. The fraction of sp³-hybridized carbons (Fsp3) is 0.591. The van der Waals surface area contributed by atoms with Gasteiger partial charge < -0.3 is 24.0 Å². The Labute approximate surface area is 177 Å². The largest absolute Gasteiger partial charge is 0.497 e. The second kappa shape index (κ2) is 9.82. The highest BCUT2D eigenvalue weighted by molar-refractivity contribution is 6.01. The summed E-state index contributed by atoms with van der Waals surface area (Å²) in [4.78, 5) is 41.1. The van der Waals surface area contributed by atoms with Crippen LogP contribution in [0.1, 0.15) is 32.6 Å². The highest BCUT2D eigenvalue weighted by Crippen LogP contribution is 2.37. The zero-order valence-corrected chi connectivity index (χ0v) is 17.9. The van der Waals surface area contributed by atoms with Crippen molar-refractivity contribution >= 4 is 23.5 Å². The van der Waals surface area contributed by atoms with Crippen LogP contribution in [-0.2, 0) is 19.1 Å². The Morgan fingerprint density at radius 3 is 2.60 bits per heavy atom. The van der Waals surface area contributed by atoms with Crippen molar-refractivity contribution in [2.45, 2.75) is 32.6 Å². The van der Waals surface area contributed by atoms with E-state index in [-0.39, 0.29) is 37.2 Å². The van der Waals surface area contributed by atoms with Gasteiger partial charge in [-0.1, -0.05) is 0 Å². The third-order valence-corrected chi connectivity index (χ3v) is 5.53. The van der Waals surface area contributed by atoms with Crippen LogP contribution in [0.4, 0.5) is 5.69 Å². The van der Waals surface area contributed by atoms with Gasteiger partial charge in [-0.15, -0.1) is 0 Å². The molecule has 2 amide bonds. The molecular weight excluding hydrogens is 388 g/mol. The zero-order valence-electron chi connectivity index (χ0n) is 17.9. The van der Waals surface area contributed by atoms with Crippen LogP contribution in [-0.4, -0.2) is 63.1 Å². The molecule has 2 aliphatic rings. The molecule has 0 aromatic heterocycles. The van der Waals surface area contributed by atoms with E-state index in [9.17, 15) is 14.4 Å². The summed E-state index contributed by atoms with van der Waals surface area (Å²) >= 11 is 0. The number of methoxy groups -OCH3 is 2. The summed E-state index contributed by atoms with van der Waals surface area (Å²) in [6.45, 7) is 3.31. The molecule has 30 heavy (non-hydrogen) atoms. The number of hydrogen-bond acceptors (Lipinski definition) is 6. The number of anilines is 1. The standard InChI is InChI=1S/C22H30N2O6/c1-4-30-21(26)9-10-23(13-15-5-6-15)22(27)16-11-20(25)24(14-16)18-12-17(28-2)7-8-19(18)29-3/h7-8,12,15-16H,4-6,9-11,13-14H2,1-3H3. The molecule has 1 aliphatic heterocycles.